The van der Waals surface area contributed by atoms with Gasteiger partial charge in [-0.15, -0.1) is 0 Å². The molecule has 1 fully saturated rings. The van der Waals surface area contributed by atoms with Gasteiger partial charge in [0.25, 0.3) is 5.91 Å². The maximum absolute atomic E-state index is 13.7. The van der Waals surface area contributed by atoms with Crippen molar-refractivity contribution < 1.29 is 18.0 Å². The summed E-state index contributed by atoms with van der Waals surface area (Å²) in [6.45, 7) is 2.73. The predicted molar refractivity (Wildman–Crippen MR) is 149 cm³/mol. The Hall–Kier alpha value is -2.91. The van der Waals surface area contributed by atoms with Crippen LogP contribution < -0.4 is 10.6 Å². The van der Waals surface area contributed by atoms with E-state index in [-0.39, 0.29) is 23.3 Å². The molecule has 1 aliphatic rings. The van der Waals surface area contributed by atoms with Crippen LogP contribution in [0.1, 0.15) is 46.3 Å². The molecule has 4 rings (SSSR count). The van der Waals surface area contributed by atoms with Crippen molar-refractivity contribution in [2.24, 2.45) is 0 Å². The number of nitrogens with zero attached hydrogens (tertiary/aromatic N) is 1. The van der Waals surface area contributed by atoms with Crippen molar-refractivity contribution in [2.45, 2.75) is 50.2 Å². The molecule has 1 atom stereocenters. The number of hydrogen-bond donors (Lipinski definition) is 2. The van der Waals surface area contributed by atoms with E-state index in [2.05, 4.69) is 10.6 Å². The molecule has 200 valence electrons. The highest BCUT2D eigenvalue weighted by Crippen LogP contribution is 2.26. The van der Waals surface area contributed by atoms with Gasteiger partial charge in [0.15, 0.2) is 0 Å². The van der Waals surface area contributed by atoms with Crippen LogP contribution in [0.15, 0.2) is 71.6 Å². The molecule has 2 N–H and O–H groups in total. The average Bonchev–Trinajstić information content (AvgIpc) is 3.12. The summed E-state index contributed by atoms with van der Waals surface area (Å²) >= 11 is 12.1. The topological polar surface area (TPSA) is 95.6 Å². The third-order valence-electron chi connectivity index (χ3n) is 6.65. The van der Waals surface area contributed by atoms with Crippen molar-refractivity contribution in [3.8, 4) is 0 Å². The second kappa shape index (κ2) is 12.3. The molecule has 0 aliphatic carbocycles. The van der Waals surface area contributed by atoms with E-state index in [4.69, 9.17) is 23.2 Å². The van der Waals surface area contributed by atoms with Gasteiger partial charge in [0.2, 0.25) is 15.9 Å². The molecule has 0 bridgehead atoms. The van der Waals surface area contributed by atoms with Crippen LogP contribution in [0.2, 0.25) is 10.0 Å². The minimum atomic E-state index is -4.01. The zero-order chi connectivity index (χ0) is 27.3. The van der Waals surface area contributed by atoms with E-state index in [1.807, 2.05) is 19.1 Å². The number of hydrogen-bond acceptors (Lipinski definition) is 4. The predicted octanol–water partition coefficient (Wildman–Crippen LogP) is 5.09. The van der Waals surface area contributed by atoms with Gasteiger partial charge in [0.05, 0.1) is 4.90 Å². The van der Waals surface area contributed by atoms with Crippen LogP contribution in [0.25, 0.3) is 0 Å². The van der Waals surface area contributed by atoms with E-state index in [1.54, 1.807) is 30.3 Å². The van der Waals surface area contributed by atoms with Crippen molar-refractivity contribution in [3.63, 3.8) is 0 Å². The number of nitrogens with one attached hydrogen (secondary N) is 2. The van der Waals surface area contributed by atoms with Crippen molar-refractivity contribution in [3.05, 3.63) is 99.0 Å². The van der Waals surface area contributed by atoms with Gasteiger partial charge in [-0.25, -0.2) is 8.42 Å². The van der Waals surface area contributed by atoms with Gasteiger partial charge < -0.3 is 10.6 Å². The third kappa shape index (κ3) is 6.56. The van der Waals surface area contributed by atoms with E-state index < -0.39 is 16.1 Å². The van der Waals surface area contributed by atoms with Crippen LogP contribution >= 0.6 is 23.2 Å². The molecule has 0 radical (unpaired) electrons. The number of rotatable bonds is 8. The van der Waals surface area contributed by atoms with Gasteiger partial charge in [0.1, 0.15) is 6.04 Å². The molecular weight excluding hydrogens is 545 g/mol. The zero-order valence-electron chi connectivity index (χ0n) is 20.9. The minimum absolute atomic E-state index is 0.0212. The van der Waals surface area contributed by atoms with Gasteiger partial charge in [-0.05, 0) is 85.3 Å². The molecular formula is C28H29Cl2N3O4S. The molecule has 1 heterocycles. The number of amides is 2. The first-order chi connectivity index (χ1) is 18.2. The molecule has 38 heavy (non-hydrogen) atoms. The molecule has 7 nitrogen and oxygen atoms in total. The van der Waals surface area contributed by atoms with E-state index in [1.165, 1.54) is 28.6 Å². The van der Waals surface area contributed by atoms with Crippen molar-refractivity contribution in [2.75, 3.05) is 6.54 Å². The first-order valence-electron chi connectivity index (χ1n) is 12.3. The normalized spacial score (nSPS) is 16.1. The highest BCUT2D eigenvalue weighted by molar-refractivity contribution is 7.89. The first-order valence-corrected chi connectivity index (χ1v) is 14.5. The number of carbonyl (C=O) groups is 2. The Morgan fingerprint density at radius 3 is 2.45 bits per heavy atom. The summed E-state index contributed by atoms with van der Waals surface area (Å²) in [6, 6.07) is 17.3. The van der Waals surface area contributed by atoms with Crippen molar-refractivity contribution in [1.29, 1.82) is 0 Å². The van der Waals surface area contributed by atoms with E-state index >= 15 is 0 Å². The monoisotopic (exact) mass is 573 g/mol. The zero-order valence-corrected chi connectivity index (χ0v) is 23.2. The molecule has 0 spiro atoms. The number of benzene rings is 3. The molecule has 2 amide bonds. The Labute approximate surface area is 233 Å². The summed E-state index contributed by atoms with van der Waals surface area (Å²) in [5.41, 5.74) is 2.93. The molecule has 3 aromatic rings. The van der Waals surface area contributed by atoms with Crippen LogP contribution in [-0.4, -0.2) is 37.1 Å². The largest absolute Gasteiger partial charge is 0.355 e. The minimum Gasteiger partial charge on any atom is -0.355 e. The summed E-state index contributed by atoms with van der Waals surface area (Å²) in [5.74, 6) is -0.572. The molecule has 3 aromatic carbocycles. The Balaban J connectivity index is 1.54. The van der Waals surface area contributed by atoms with Gasteiger partial charge in [-0.2, -0.15) is 4.31 Å². The average molecular weight is 575 g/mol. The summed E-state index contributed by atoms with van der Waals surface area (Å²) in [7, 11) is -4.01. The fourth-order valence-electron chi connectivity index (χ4n) is 4.37. The number of sulfonamides is 1. The number of carbonyl (C=O) groups excluding carboxylic acids is 2. The Morgan fingerprint density at radius 1 is 1.03 bits per heavy atom. The SMILES string of the molecule is Cc1c(Cl)cccc1CNC(=O)c1ccc(CN([C@@H]2CCCCNC2=O)S(=O)(=O)c2ccc(Cl)cc2)cc1. The van der Waals surface area contributed by atoms with E-state index in [0.717, 1.165) is 24.0 Å². The molecule has 1 saturated heterocycles. The molecule has 1 aliphatic heterocycles. The van der Waals surface area contributed by atoms with Gasteiger partial charge >= 0.3 is 0 Å². The lowest BCUT2D eigenvalue weighted by molar-refractivity contribution is -0.124. The summed E-state index contributed by atoms with van der Waals surface area (Å²) in [5, 5.41) is 6.77. The van der Waals surface area contributed by atoms with E-state index in [0.29, 0.717) is 40.7 Å². The maximum Gasteiger partial charge on any atom is 0.251 e. The van der Waals surface area contributed by atoms with Crippen LogP contribution in [0, 0.1) is 6.92 Å². The van der Waals surface area contributed by atoms with Crippen molar-refractivity contribution >= 4 is 45.0 Å². The molecule has 0 aromatic heterocycles. The first kappa shape index (κ1) is 28.1. The highest BCUT2D eigenvalue weighted by atomic mass is 35.5. The fourth-order valence-corrected chi connectivity index (χ4v) is 6.29. The second-order valence-electron chi connectivity index (χ2n) is 9.21. The Bertz CT molecular complexity index is 1410. The lowest BCUT2D eigenvalue weighted by Gasteiger charge is -2.29. The van der Waals surface area contributed by atoms with Gasteiger partial charge in [0, 0.05) is 35.2 Å². The van der Waals surface area contributed by atoms with E-state index in [9.17, 15) is 18.0 Å². The molecule has 10 heteroatoms. The molecule has 0 saturated carbocycles. The quantitative estimate of drug-likeness (QED) is 0.392. The van der Waals surface area contributed by atoms with Crippen LogP contribution in [0.4, 0.5) is 0 Å². The Morgan fingerprint density at radius 2 is 1.74 bits per heavy atom. The Kier molecular flexibility index (Phi) is 9.10. The van der Waals surface area contributed by atoms with Gasteiger partial charge in [-0.1, -0.05) is 47.5 Å². The second-order valence-corrected chi connectivity index (χ2v) is 11.9. The van der Waals surface area contributed by atoms with Gasteiger partial charge in [-0.3, -0.25) is 9.59 Å². The van der Waals surface area contributed by atoms with Crippen molar-refractivity contribution in [1.82, 2.24) is 14.9 Å². The lowest BCUT2D eigenvalue weighted by Crippen LogP contribution is -2.48. The fraction of sp³-hybridized carbons (Fsp3) is 0.286. The maximum atomic E-state index is 13.7. The smallest absolute Gasteiger partial charge is 0.251 e. The lowest BCUT2D eigenvalue weighted by atomic mass is 10.1. The summed E-state index contributed by atoms with van der Waals surface area (Å²) in [6.07, 6.45) is 1.93. The third-order valence-corrected chi connectivity index (χ3v) is 9.18. The standard InChI is InChI=1S/C28H29Cl2N3O4S/c1-19-22(5-4-6-25(19)30)17-32-27(34)21-10-8-20(9-11-21)18-33(26-7-2-3-16-31-28(26)35)38(36,37)24-14-12-23(29)13-15-24/h4-6,8-15,26H,2-3,7,16-18H2,1H3,(H,31,35)(H,32,34)/t26-/m1/s1. The van der Waals surface area contributed by atoms with Crippen LogP contribution in [0.3, 0.4) is 0 Å². The van der Waals surface area contributed by atoms with Crippen LogP contribution in [0.5, 0.6) is 0 Å². The van der Waals surface area contributed by atoms with Crippen LogP contribution in [-0.2, 0) is 27.9 Å². The highest BCUT2D eigenvalue weighted by Gasteiger charge is 2.36. The number of halogens is 2. The summed E-state index contributed by atoms with van der Waals surface area (Å²) in [4.78, 5) is 25.7. The summed E-state index contributed by atoms with van der Waals surface area (Å²) < 4.78 is 28.6. The molecule has 0 unspecified atom stereocenters.